The number of ether oxygens (including phenoxy) is 5. The molecule has 710 valence electrons. The van der Waals surface area contributed by atoms with E-state index in [0.717, 1.165) is 82.1 Å². The van der Waals surface area contributed by atoms with Crippen molar-refractivity contribution in [3.63, 3.8) is 0 Å². The number of rotatable bonds is 40. The molecular weight excluding hydrogens is 1630 g/mol. The second-order valence-electron chi connectivity index (χ2n) is 27.8. The Balaban J connectivity index is 0.000000396. The van der Waals surface area contributed by atoms with E-state index < -0.39 is 382 Å². The van der Waals surface area contributed by atoms with Gasteiger partial charge in [0.05, 0.1) is 49.1 Å². The molecule has 130 heavy (non-hydrogen) atoms. The van der Waals surface area contributed by atoms with Gasteiger partial charge >= 0.3 is 29.8 Å². The molecule has 20 heteroatoms. The summed E-state index contributed by atoms with van der Waals surface area (Å²) in [4.78, 5) is 68.9. The lowest BCUT2D eigenvalue weighted by molar-refractivity contribution is -0.174. The summed E-state index contributed by atoms with van der Waals surface area (Å²) in [6.45, 7) is -62.4. The molecule has 10 rings (SSSR count). The van der Waals surface area contributed by atoms with Gasteiger partial charge in [0.25, 0.3) is 0 Å². The van der Waals surface area contributed by atoms with Gasteiger partial charge in [-0.15, -0.1) is 0 Å². The number of carbonyl (C=O) groups is 5. The topological polar surface area (TPSA) is 249 Å². The zero-order valence-electron chi connectivity index (χ0n) is 150. The summed E-state index contributed by atoms with van der Waals surface area (Å²) in [7, 11) is 0. The standard InChI is InChI=1S/5C22H31NO3/c5*1-3-23(4-2)17-11-12-18-26-21(24)22(25,19-13-7-5-8-14-19)20-15-9-6-10-16-20/h5*5,7-8,13-14,20,25H,3-4,6,9-10,15-18H2,1-2H3/i1D3,2D3,3D2,4D2,5D,6D2,7D,8D,9D2,10D2,13D,14D,15D2,16D2,20D,25D;1D3,2D3,3D2,4D2,6D2,9D2,10D2,15D2,16D2,20D,25D;1D3,2D3,3D2,4D2,5D,7D,8D,13D,14D,25D;1D3,2D3,3D2,4D2,25D;17D2,25D. The molecule has 0 aromatic heterocycles. The van der Waals surface area contributed by atoms with Crippen LogP contribution in [0.5, 0.6) is 0 Å². The average Bonchev–Trinajstić information content (AvgIpc) is 0.640. The summed E-state index contributed by atoms with van der Waals surface area (Å²) in [5, 5.41) is 24.2. The zero-order chi connectivity index (χ0) is 162. The van der Waals surface area contributed by atoms with Crippen LogP contribution < -0.4 is 0 Å². The van der Waals surface area contributed by atoms with Gasteiger partial charge in [-0.1, -0.05) is 375 Å². The van der Waals surface area contributed by atoms with Crippen molar-refractivity contribution in [1.29, 1.82) is 7.16 Å². The first-order valence-corrected chi connectivity index (χ1v) is 40.6. The van der Waals surface area contributed by atoms with E-state index in [1.54, 1.807) is 47.4 Å². The molecule has 0 bridgehead atoms. The number of hydrogen-bond donors (Lipinski definition) is 5. The minimum absolute atomic E-state index is 0.0258. The van der Waals surface area contributed by atoms with E-state index in [4.69, 9.17) is 146 Å². The Morgan fingerprint density at radius 3 is 0.862 bits per heavy atom. The molecule has 5 aromatic carbocycles. The highest BCUT2D eigenvalue weighted by Gasteiger charge is 2.52. The van der Waals surface area contributed by atoms with Crippen LogP contribution in [0.4, 0.5) is 0 Å². The van der Waals surface area contributed by atoms with Crippen molar-refractivity contribution < 1.29 is 175 Å². The Hall–Kier alpha value is -9.15. The van der Waals surface area contributed by atoms with Gasteiger partial charge in [-0.3, -0.25) is 24.5 Å². The quantitative estimate of drug-likeness (QED) is 0.0139. The molecule has 5 saturated carbocycles. The maximum atomic E-state index is 14.1. The molecule has 20 nitrogen and oxygen atoms in total. The summed E-state index contributed by atoms with van der Waals surface area (Å²) in [6, 6.07) is 12.2. The molecule has 5 aliphatic carbocycles. The molecule has 0 heterocycles. The van der Waals surface area contributed by atoms with Crippen LogP contribution in [-0.2, 0) is 75.7 Å². The van der Waals surface area contributed by atoms with Crippen molar-refractivity contribution in [3.8, 4) is 59.2 Å². The molecule has 0 amide bonds. The normalized spacial score (nSPS) is 32.2. The highest BCUT2D eigenvalue weighted by molar-refractivity contribution is 5.84. The molecule has 0 spiro atoms. The number of esters is 5. The molecule has 5 N–H and O–H groups in total. The molecule has 5 fully saturated rings. The van der Waals surface area contributed by atoms with Crippen LogP contribution in [0.3, 0.4) is 0 Å². The van der Waals surface area contributed by atoms with Gasteiger partial charge in [0, 0.05) is 115 Å². The fourth-order valence-corrected chi connectivity index (χ4v) is 13.2. The molecular formula is C110H155N5O15. The van der Waals surface area contributed by atoms with Crippen molar-refractivity contribution in [3.05, 3.63) is 179 Å². The fraction of sp³-hybridized carbons (Fsp3) is 0.591. The van der Waals surface area contributed by atoms with E-state index in [1.807, 2.05) is 55.7 Å². The van der Waals surface area contributed by atoms with Crippen molar-refractivity contribution in [2.45, 2.75) is 257 Å². The lowest BCUT2D eigenvalue weighted by atomic mass is 9.73. The highest BCUT2D eigenvalue weighted by atomic mass is 16.6. The molecule has 5 aliphatic rings. The number of hydrogen-bond acceptors (Lipinski definition) is 20. The van der Waals surface area contributed by atoms with Crippen molar-refractivity contribution >= 4 is 29.8 Å². The van der Waals surface area contributed by atoms with Crippen LogP contribution >= 0.6 is 0 Å². The minimum Gasteiger partial charge on any atom is -0.450 e. The second kappa shape index (κ2) is 61.5. The largest absolute Gasteiger partial charge is 0.450 e. The molecule has 0 saturated heterocycles. The number of aliphatic hydroxyl groups is 5. The molecule has 0 aliphatic heterocycles. The van der Waals surface area contributed by atoms with Crippen LogP contribution in [0.2, 0.25) is 0 Å². The Morgan fingerprint density at radius 1 is 0.346 bits per heavy atom. The number of benzene rings is 5. The summed E-state index contributed by atoms with van der Waals surface area (Å²) < 4.78 is 652. The SMILES string of the molecule is [2H]OC(C(=O)OCC#CC([2H])([2H])N(CC)CC)(c1ccccc1)C1CCCCC1.[2H]OC(C(=O)OCC#CCN(C([2H])([2H])C([2H])([2H])[2H])C([2H])([2H])C([2H])([2H])[2H])(c1c([2H])c([2H])c([2H])c([2H])c1[2H])C1([2H])C([2H])([2H])C([2H])([2H])C([2H])([2H])C([2H])([2H])C1([2H])[2H].[2H]OC(C(=O)OCC#CCN(C([2H])([2H])C([2H])([2H])[2H])C([2H])([2H])C([2H])([2H])[2H])(c1c([2H])c([2H])c([2H])c([2H])c1[2H])C1CCCCC1.[2H]OC(C(=O)OCC#CCN(C([2H])([2H])C([2H])([2H])[2H])C([2H])([2H])C([2H])([2H])[2H])(c1ccccc1)C1([2H])C([2H])([2H])C([2H])([2H])C([2H])([2H])C([2H])([2H])C1([2H])[2H].[2H]OC(C(=O)OCC#CCN(C([2H])([2H])C([2H])([2H])[2H])C([2H])([2H])C([2H])([2H])[2H])(c1ccccc1)C1CCCCC1. The highest BCUT2D eigenvalue weighted by Crippen LogP contribution is 2.46. The Kier molecular flexibility index (Phi) is 19.6. The Labute approximate surface area is 891 Å². The van der Waals surface area contributed by atoms with Crippen LogP contribution in [0.15, 0.2) is 151 Å². The first kappa shape index (κ1) is 41.4. The summed E-state index contributed by atoms with van der Waals surface area (Å²) in [6.07, 6.45) is -31.2. The van der Waals surface area contributed by atoms with Gasteiger partial charge in [-0.2, -0.15) is 0 Å². The maximum Gasteiger partial charge on any atom is 0.344 e. The van der Waals surface area contributed by atoms with Gasteiger partial charge in [0.15, 0.2) is 61.0 Å². The predicted octanol–water partition coefficient (Wildman–Crippen LogP) is 16.7. The van der Waals surface area contributed by atoms with Crippen LogP contribution in [0.25, 0.3) is 0 Å². The first-order chi connectivity index (χ1) is 94.5. The Morgan fingerprint density at radius 2 is 0.592 bits per heavy atom. The van der Waals surface area contributed by atoms with Gasteiger partial charge in [0.2, 0.25) is 7.16 Å². The second-order valence-corrected chi connectivity index (χ2v) is 27.8. The minimum atomic E-state index is -4.71. The maximum absolute atomic E-state index is 14.1. The Bertz CT molecular complexity index is 7870. The van der Waals surface area contributed by atoms with Crippen molar-refractivity contribution in [1.82, 2.24) is 24.5 Å². The smallest absolute Gasteiger partial charge is 0.344 e. The van der Waals surface area contributed by atoms with E-state index in [2.05, 4.69) is 45.7 Å². The molecule has 5 aromatic rings. The number of nitrogens with zero attached hydrogens (tertiary/aromatic N) is 5. The third-order valence-electron chi connectivity index (χ3n) is 20.0. The van der Waals surface area contributed by atoms with Crippen molar-refractivity contribution in [2.24, 2.45) is 29.5 Å². The first-order valence-electron chi connectivity index (χ1n) is 79.6. The molecule has 5 atom stereocenters. The third-order valence-corrected chi connectivity index (χ3v) is 20.0. The van der Waals surface area contributed by atoms with E-state index in [1.165, 1.54) is 6.07 Å². The van der Waals surface area contributed by atoms with E-state index in [9.17, 15) is 25.3 Å². The number of carbonyl (C=O) groups excluding carboxylic acids is 5. The van der Waals surface area contributed by atoms with Gasteiger partial charge in [-0.05, 0) is 157 Å². The van der Waals surface area contributed by atoms with Crippen LogP contribution in [-0.4, -0.2) is 218 Å². The van der Waals surface area contributed by atoms with E-state index in [0.29, 0.717) is 62.7 Å². The average molecular weight is 1870 g/mol. The van der Waals surface area contributed by atoms with Crippen molar-refractivity contribution in [2.75, 3.05) is 131 Å². The van der Waals surface area contributed by atoms with Gasteiger partial charge in [0.1, 0.15) is 0 Å². The predicted molar refractivity (Wildman–Crippen MR) is 517 cm³/mol. The van der Waals surface area contributed by atoms with Gasteiger partial charge in [-0.25, -0.2) is 24.0 Å². The van der Waals surface area contributed by atoms with Crippen LogP contribution in [0.1, 0.15) is 358 Å². The third kappa shape index (κ3) is 33.8. The van der Waals surface area contributed by atoms with Crippen LogP contribution in [0, 0.1) is 88.7 Å². The fourth-order valence-electron chi connectivity index (χ4n) is 13.2. The van der Waals surface area contributed by atoms with Gasteiger partial charge < -0.3 is 49.2 Å². The van der Waals surface area contributed by atoms with E-state index >= 15 is 0 Å². The monoisotopic (exact) mass is 1870 g/mol. The lowest BCUT2D eigenvalue weighted by Crippen LogP contribution is -2.45. The lowest BCUT2D eigenvalue weighted by Gasteiger charge is -2.36. The summed E-state index contributed by atoms with van der Waals surface area (Å²) in [5.74, 6) is 4.80. The zero-order valence-corrected chi connectivity index (χ0v) is 71.1. The van der Waals surface area contributed by atoms with E-state index in [-0.39, 0.29) is 38.0 Å². The molecule has 0 radical (unpaired) electrons. The summed E-state index contributed by atoms with van der Waals surface area (Å²) >= 11 is 0. The molecule has 5 unspecified atom stereocenters. The summed E-state index contributed by atoms with van der Waals surface area (Å²) in [5.41, 5.74) is -15.8.